The van der Waals surface area contributed by atoms with E-state index in [2.05, 4.69) is 118 Å². The van der Waals surface area contributed by atoms with E-state index >= 15 is 0 Å². The summed E-state index contributed by atoms with van der Waals surface area (Å²) in [6.07, 6.45) is 93.0. The first-order valence-corrected chi connectivity index (χ1v) is 34.7. The van der Waals surface area contributed by atoms with Crippen LogP contribution in [0.15, 0.2) is 97.2 Å². The second-order valence-electron chi connectivity index (χ2n) is 23.1. The van der Waals surface area contributed by atoms with Crippen LogP contribution in [0, 0.1) is 0 Å². The second kappa shape index (κ2) is 68.8. The highest BCUT2D eigenvalue weighted by Gasteiger charge is 2.19. The van der Waals surface area contributed by atoms with E-state index in [4.69, 9.17) is 14.2 Å². The minimum atomic E-state index is -0.777. The Balaban J connectivity index is 4.13. The zero-order chi connectivity index (χ0) is 58.5. The molecule has 0 aromatic carbocycles. The molecule has 0 fully saturated rings. The summed E-state index contributed by atoms with van der Waals surface area (Å²) < 4.78 is 16.9. The van der Waals surface area contributed by atoms with Crippen LogP contribution < -0.4 is 0 Å². The Labute approximate surface area is 502 Å². The first-order valence-electron chi connectivity index (χ1n) is 34.7. The molecular weight excluding hydrogens is 997 g/mol. The molecule has 1 unspecified atom stereocenters. The van der Waals surface area contributed by atoms with Crippen LogP contribution in [0.3, 0.4) is 0 Å². The lowest BCUT2D eigenvalue weighted by molar-refractivity contribution is -0.167. The summed E-state index contributed by atoms with van der Waals surface area (Å²) in [6, 6.07) is 0. The van der Waals surface area contributed by atoms with Crippen molar-refractivity contribution in [2.75, 3.05) is 13.2 Å². The zero-order valence-corrected chi connectivity index (χ0v) is 53.5. The van der Waals surface area contributed by atoms with Crippen LogP contribution >= 0.6 is 0 Å². The van der Waals surface area contributed by atoms with E-state index in [1.807, 2.05) is 0 Å². The molecule has 6 heteroatoms. The fourth-order valence-corrected chi connectivity index (χ4v) is 9.89. The van der Waals surface area contributed by atoms with Crippen molar-refractivity contribution in [3.63, 3.8) is 0 Å². The lowest BCUT2D eigenvalue weighted by atomic mass is 10.0. The zero-order valence-electron chi connectivity index (χ0n) is 53.5. The van der Waals surface area contributed by atoms with Crippen molar-refractivity contribution in [1.29, 1.82) is 0 Å². The highest BCUT2D eigenvalue weighted by molar-refractivity contribution is 5.71. The maximum absolute atomic E-state index is 12.9. The molecule has 0 aromatic rings. The molecule has 466 valence electrons. The highest BCUT2D eigenvalue weighted by Crippen LogP contribution is 2.17. The van der Waals surface area contributed by atoms with Crippen molar-refractivity contribution in [3.05, 3.63) is 97.2 Å². The summed E-state index contributed by atoms with van der Waals surface area (Å²) in [5, 5.41) is 0. The van der Waals surface area contributed by atoms with Gasteiger partial charge in [-0.05, 0) is 103 Å². The van der Waals surface area contributed by atoms with Crippen molar-refractivity contribution >= 4 is 17.9 Å². The van der Waals surface area contributed by atoms with Gasteiger partial charge in [0, 0.05) is 19.3 Å². The molecule has 6 nitrogen and oxygen atoms in total. The predicted octanol–water partition coefficient (Wildman–Crippen LogP) is 24.0. The minimum Gasteiger partial charge on any atom is -0.462 e. The van der Waals surface area contributed by atoms with Gasteiger partial charge in [-0.15, -0.1) is 0 Å². The van der Waals surface area contributed by atoms with Crippen molar-refractivity contribution in [2.24, 2.45) is 0 Å². The third kappa shape index (κ3) is 67.0. The number of carbonyl (C=O) groups excluding carboxylic acids is 3. The number of hydrogen-bond acceptors (Lipinski definition) is 6. The molecule has 0 rings (SSSR count). The summed E-state index contributed by atoms with van der Waals surface area (Å²) in [5.41, 5.74) is 0. The van der Waals surface area contributed by atoms with E-state index < -0.39 is 6.10 Å². The minimum absolute atomic E-state index is 0.0749. The molecule has 1 atom stereocenters. The Morgan fingerprint density at radius 2 is 0.481 bits per heavy atom. The third-order valence-electron chi connectivity index (χ3n) is 15.1. The third-order valence-corrected chi connectivity index (χ3v) is 15.1. The quantitative estimate of drug-likeness (QED) is 0.0261. The van der Waals surface area contributed by atoms with Crippen LogP contribution in [0.4, 0.5) is 0 Å². The Morgan fingerprint density at radius 1 is 0.259 bits per heavy atom. The van der Waals surface area contributed by atoms with Crippen LogP contribution in [-0.2, 0) is 28.6 Å². The number of carbonyl (C=O) groups is 3. The van der Waals surface area contributed by atoms with Gasteiger partial charge >= 0.3 is 17.9 Å². The molecule has 0 heterocycles. The van der Waals surface area contributed by atoms with Crippen molar-refractivity contribution < 1.29 is 28.6 Å². The maximum atomic E-state index is 12.9. The van der Waals surface area contributed by atoms with Crippen molar-refractivity contribution in [1.82, 2.24) is 0 Å². The van der Waals surface area contributed by atoms with Gasteiger partial charge in [0.2, 0.25) is 0 Å². The van der Waals surface area contributed by atoms with Gasteiger partial charge in [-0.2, -0.15) is 0 Å². The number of ether oxygens (including phenoxy) is 3. The van der Waals surface area contributed by atoms with Gasteiger partial charge in [0.05, 0.1) is 0 Å². The molecule has 0 bridgehead atoms. The van der Waals surface area contributed by atoms with E-state index in [0.717, 1.165) is 103 Å². The van der Waals surface area contributed by atoms with Gasteiger partial charge in [0.1, 0.15) is 13.2 Å². The van der Waals surface area contributed by atoms with Crippen LogP contribution in [0.1, 0.15) is 342 Å². The van der Waals surface area contributed by atoms with Gasteiger partial charge in [0.15, 0.2) is 6.10 Å². The summed E-state index contributed by atoms with van der Waals surface area (Å²) in [6.45, 7) is 6.53. The molecule has 0 aliphatic carbocycles. The average Bonchev–Trinajstić information content (AvgIpc) is 3.47. The monoisotopic (exact) mass is 1130 g/mol. The molecule has 0 spiro atoms. The number of unbranched alkanes of at least 4 members (excludes halogenated alkanes) is 36. The first kappa shape index (κ1) is 77.3. The van der Waals surface area contributed by atoms with Crippen LogP contribution in [0.5, 0.6) is 0 Å². The second-order valence-corrected chi connectivity index (χ2v) is 23.1. The van der Waals surface area contributed by atoms with E-state index in [1.165, 1.54) is 199 Å². The smallest absolute Gasteiger partial charge is 0.306 e. The first-order chi connectivity index (χ1) is 40.0. The summed E-state index contributed by atoms with van der Waals surface area (Å²) in [7, 11) is 0. The molecule has 0 N–H and O–H groups in total. The Kier molecular flexibility index (Phi) is 65.7. The molecule has 0 radical (unpaired) electrons. The van der Waals surface area contributed by atoms with Crippen molar-refractivity contribution in [2.45, 2.75) is 348 Å². The number of esters is 3. The number of hydrogen-bond donors (Lipinski definition) is 0. The SMILES string of the molecule is CC/C=C\C/C=C\C/C=C\C/C=C\C/C=C\C/C=C\CCCCCCCCCCCCCCCCC(=O)OCC(COC(=O)CCCCCCCCCCC)OC(=O)CCCCCCCCCCC/C=C\C/C=C\CCCCCCC. The van der Waals surface area contributed by atoms with Gasteiger partial charge in [-0.25, -0.2) is 0 Å². The summed E-state index contributed by atoms with van der Waals surface area (Å²) in [4.78, 5) is 38.3. The largest absolute Gasteiger partial charge is 0.462 e. The Bertz CT molecular complexity index is 1580. The van der Waals surface area contributed by atoms with Gasteiger partial charge < -0.3 is 14.2 Å². The molecule has 0 saturated heterocycles. The number of allylic oxidation sites excluding steroid dienone is 16. The fourth-order valence-electron chi connectivity index (χ4n) is 9.89. The lowest BCUT2D eigenvalue weighted by Crippen LogP contribution is -2.30. The van der Waals surface area contributed by atoms with E-state index in [-0.39, 0.29) is 31.1 Å². The topological polar surface area (TPSA) is 78.9 Å². The van der Waals surface area contributed by atoms with Gasteiger partial charge in [0.25, 0.3) is 0 Å². The summed E-state index contributed by atoms with van der Waals surface area (Å²) >= 11 is 0. The van der Waals surface area contributed by atoms with Gasteiger partial charge in [-0.1, -0.05) is 317 Å². The van der Waals surface area contributed by atoms with Crippen molar-refractivity contribution in [3.8, 4) is 0 Å². The molecule has 0 aliphatic heterocycles. The molecule has 0 amide bonds. The standard InChI is InChI=1S/C75H130O6/c1-4-7-10-13-16-19-21-23-25-27-29-31-32-33-34-35-36-37-38-39-40-41-42-44-45-47-49-51-53-56-59-62-65-68-74(77)80-71-72(70-79-73(76)67-64-61-58-55-18-15-12-9-6-3)81-75(78)69-66-63-60-57-54-52-50-48-46-43-30-28-26-24-22-20-17-14-11-8-5-2/h7,10,16,19,22-25,28-31,33-34,36-37,72H,4-6,8-9,11-15,17-18,20-21,26-27,32,35,38-71H2,1-3H3/b10-7-,19-16-,24-22-,25-23-,30-28-,31-29-,34-33-,37-36-. The highest BCUT2D eigenvalue weighted by atomic mass is 16.6. The van der Waals surface area contributed by atoms with E-state index in [1.54, 1.807) is 0 Å². The van der Waals surface area contributed by atoms with E-state index in [9.17, 15) is 14.4 Å². The van der Waals surface area contributed by atoms with E-state index in [0.29, 0.717) is 19.3 Å². The molecule has 0 aromatic heterocycles. The fraction of sp³-hybridized carbons (Fsp3) is 0.747. The lowest BCUT2D eigenvalue weighted by Gasteiger charge is -2.18. The average molecular weight is 1130 g/mol. The maximum Gasteiger partial charge on any atom is 0.306 e. The Hall–Kier alpha value is -3.67. The number of rotatable bonds is 63. The molecule has 81 heavy (non-hydrogen) atoms. The van der Waals surface area contributed by atoms with Gasteiger partial charge in [-0.3, -0.25) is 14.4 Å². The van der Waals surface area contributed by atoms with Crippen LogP contribution in [0.25, 0.3) is 0 Å². The molecular formula is C75H130O6. The van der Waals surface area contributed by atoms with Crippen LogP contribution in [-0.4, -0.2) is 37.2 Å². The molecule has 0 saturated carbocycles. The normalized spacial score (nSPS) is 12.7. The summed E-state index contributed by atoms with van der Waals surface area (Å²) in [5.74, 6) is -0.868. The predicted molar refractivity (Wildman–Crippen MR) is 353 cm³/mol. The Morgan fingerprint density at radius 3 is 0.753 bits per heavy atom. The van der Waals surface area contributed by atoms with Crippen LogP contribution in [0.2, 0.25) is 0 Å². The molecule has 0 aliphatic rings.